The molecule has 1 aromatic carbocycles. The van der Waals surface area contributed by atoms with Crippen molar-refractivity contribution in [2.75, 3.05) is 6.54 Å². The Morgan fingerprint density at radius 2 is 2.12 bits per heavy atom. The molecule has 0 aliphatic heterocycles. The average Bonchev–Trinajstić information content (AvgIpc) is 2.76. The highest BCUT2D eigenvalue weighted by Gasteiger charge is 2.01. The number of aryl methyl sites for hydroxylation is 1. The molecule has 1 aromatic heterocycles. The molecule has 0 amide bonds. The molecule has 0 saturated heterocycles. The van der Waals surface area contributed by atoms with Crippen molar-refractivity contribution in [3.8, 4) is 0 Å². The molecule has 0 spiro atoms. The van der Waals surface area contributed by atoms with E-state index < -0.39 is 0 Å². The first kappa shape index (κ1) is 11.6. The van der Waals surface area contributed by atoms with E-state index in [1.165, 1.54) is 0 Å². The Morgan fingerprint density at radius 3 is 2.76 bits per heavy atom. The summed E-state index contributed by atoms with van der Waals surface area (Å²) in [6, 6.07) is 10.1. The third-order valence-corrected chi connectivity index (χ3v) is 2.47. The topological polar surface area (TPSA) is 38.1 Å². The summed E-state index contributed by atoms with van der Waals surface area (Å²) >= 11 is 0. The fourth-order valence-corrected chi connectivity index (χ4v) is 1.58. The first-order valence-corrected chi connectivity index (χ1v) is 5.61. The van der Waals surface area contributed by atoms with Crippen molar-refractivity contribution in [3.63, 3.8) is 0 Å². The van der Waals surface area contributed by atoms with Gasteiger partial charge in [-0.25, -0.2) is 4.98 Å². The lowest BCUT2D eigenvalue weighted by atomic mass is 10.1. The molecule has 3 heteroatoms. The van der Waals surface area contributed by atoms with Crippen molar-refractivity contribution in [2.45, 2.75) is 13.5 Å². The van der Waals surface area contributed by atoms with Gasteiger partial charge in [0, 0.05) is 6.54 Å². The van der Waals surface area contributed by atoms with Gasteiger partial charge in [0.25, 0.3) is 0 Å². The highest BCUT2D eigenvalue weighted by Crippen LogP contribution is 2.10. The zero-order chi connectivity index (χ0) is 12.1. The van der Waals surface area contributed by atoms with E-state index in [0.29, 0.717) is 12.4 Å². The molecule has 0 radical (unpaired) electrons. The summed E-state index contributed by atoms with van der Waals surface area (Å²) in [5.41, 5.74) is 2.22. The molecule has 3 nitrogen and oxygen atoms in total. The van der Waals surface area contributed by atoms with Crippen LogP contribution in [0.25, 0.3) is 5.57 Å². The maximum atomic E-state index is 5.37. The predicted molar refractivity (Wildman–Crippen MR) is 68.4 cm³/mol. The second-order valence-corrected chi connectivity index (χ2v) is 3.94. The van der Waals surface area contributed by atoms with Crippen molar-refractivity contribution in [3.05, 3.63) is 60.3 Å². The van der Waals surface area contributed by atoms with Crippen LogP contribution in [0, 0.1) is 6.92 Å². The molecule has 0 saturated carbocycles. The van der Waals surface area contributed by atoms with Gasteiger partial charge in [-0.15, -0.1) is 0 Å². The van der Waals surface area contributed by atoms with E-state index in [2.05, 4.69) is 29.0 Å². The lowest BCUT2D eigenvalue weighted by Crippen LogP contribution is -2.15. The van der Waals surface area contributed by atoms with Crippen LogP contribution in [-0.2, 0) is 6.54 Å². The standard InChI is InChI=1S/C14H16N2O/c1-11(13-6-4-3-5-7-13)8-15-10-14-16-9-12(2)17-14/h3-7,9,15H,1,8,10H2,2H3. The van der Waals surface area contributed by atoms with Crippen molar-refractivity contribution in [2.24, 2.45) is 0 Å². The fourth-order valence-electron chi connectivity index (χ4n) is 1.58. The number of hydrogen-bond acceptors (Lipinski definition) is 3. The van der Waals surface area contributed by atoms with Crippen LogP contribution in [0.4, 0.5) is 0 Å². The van der Waals surface area contributed by atoms with Gasteiger partial charge in [-0.1, -0.05) is 36.9 Å². The summed E-state index contributed by atoms with van der Waals surface area (Å²) in [5, 5.41) is 3.26. The van der Waals surface area contributed by atoms with Gasteiger partial charge in [-0.05, 0) is 18.1 Å². The monoisotopic (exact) mass is 228 g/mol. The zero-order valence-corrected chi connectivity index (χ0v) is 9.94. The first-order valence-electron chi connectivity index (χ1n) is 5.61. The zero-order valence-electron chi connectivity index (χ0n) is 9.94. The molecule has 0 aliphatic carbocycles. The number of nitrogens with one attached hydrogen (secondary N) is 1. The van der Waals surface area contributed by atoms with Crippen LogP contribution in [0.5, 0.6) is 0 Å². The van der Waals surface area contributed by atoms with E-state index in [4.69, 9.17) is 4.42 Å². The molecule has 0 fully saturated rings. The van der Waals surface area contributed by atoms with Gasteiger partial charge in [0.1, 0.15) is 5.76 Å². The molecule has 0 atom stereocenters. The second kappa shape index (κ2) is 5.46. The van der Waals surface area contributed by atoms with Crippen LogP contribution in [0.1, 0.15) is 17.2 Å². The third kappa shape index (κ3) is 3.29. The van der Waals surface area contributed by atoms with Crippen LogP contribution in [0.15, 0.2) is 47.5 Å². The number of oxazole rings is 1. The van der Waals surface area contributed by atoms with Crippen molar-refractivity contribution in [1.29, 1.82) is 0 Å². The number of rotatable bonds is 5. The minimum absolute atomic E-state index is 0.625. The average molecular weight is 228 g/mol. The minimum atomic E-state index is 0.625. The van der Waals surface area contributed by atoms with Gasteiger partial charge in [-0.2, -0.15) is 0 Å². The van der Waals surface area contributed by atoms with Crippen LogP contribution in [0.3, 0.4) is 0 Å². The molecule has 1 heterocycles. The van der Waals surface area contributed by atoms with E-state index in [1.807, 2.05) is 25.1 Å². The van der Waals surface area contributed by atoms with E-state index in [-0.39, 0.29) is 0 Å². The molecular weight excluding hydrogens is 212 g/mol. The lowest BCUT2D eigenvalue weighted by Gasteiger charge is -2.06. The third-order valence-electron chi connectivity index (χ3n) is 2.47. The van der Waals surface area contributed by atoms with E-state index in [0.717, 1.165) is 23.4 Å². The van der Waals surface area contributed by atoms with E-state index in [1.54, 1.807) is 6.20 Å². The van der Waals surface area contributed by atoms with Crippen molar-refractivity contribution < 1.29 is 4.42 Å². The molecule has 0 aliphatic rings. The van der Waals surface area contributed by atoms with Gasteiger partial charge in [0.15, 0.2) is 0 Å². The summed E-state index contributed by atoms with van der Waals surface area (Å²) in [5.74, 6) is 1.55. The largest absolute Gasteiger partial charge is 0.445 e. The maximum absolute atomic E-state index is 5.37. The SMILES string of the molecule is C=C(CNCc1ncc(C)o1)c1ccccc1. The second-order valence-electron chi connectivity index (χ2n) is 3.94. The van der Waals surface area contributed by atoms with Gasteiger partial charge in [-0.3, -0.25) is 0 Å². The quantitative estimate of drug-likeness (QED) is 0.855. The fraction of sp³-hybridized carbons (Fsp3) is 0.214. The summed E-state index contributed by atoms with van der Waals surface area (Å²) in [4.78, 5) is 4.13. The molecular formula is C14H16N2O. The molecule has 88 valence electrons. The summed E-state index contributed by atoms with van der Waals surface area (Å²) in [7, 11) is 0. The van der Waals surface area contributed by atoms with E-state index >= 15 is 0 Å². The molecule has 17 heavy (non-hydrogen) atoms. The number of hydrogen-bond donors (Lipinski definition) is 1. The molecule has 0 bridgehead atoms. The first-order chi connectivity index (χ1) is 8.25. The predicted octanol–water partition coefficient (Wildman–Crippen LogP) is 2.79. The number of aromatic nitrogens is 1. The van der Waals surface area contributed by atoms with Gasteiger partial charge < -0.3 is 9.73 Å². The maximum Gasteiger partial charge on any atom is 0.208 e. The van der Waals surface area contributed by atoms with Crippen LogP contribution >= 0.6 is 0 Å². The Labute approximate surface area is 101 Å². The van der Waals surface area contributed by atoms with Gasteiger partial charge in [0.05, 0.1) is 12.7 Å². The molecule has 2 aromatic rings. The summed E-state index contributed by atoms with van der Waals surface area (Å²) < 4.78 is 5.37. The normalized spacial score (nSPS) is 10.4. The molecule has 1 N–H and O–H groups in total. The van der Waals surface area contributed by atoms with Crippen LogP contribution < -0.4 is 5.32 Å². The Bertz CT molecular complexity index is 488. The number of nitrogens with zero attached hydrogens (tertiary/aromatic N) is 1. The lowest BCUT2D eigenvalue weighted by molar-refractivity contribution is 0.455. The molecule has 2 rings (SSSR count). The van der Waals surface area contributed by atoms with Crippen molar-refractivity contribution >= 4 is 5.57 Å². The number of benzene rings is 1. The summed E-state index contributed by atoms with van der Waals surface area (Å²) in [6.07, 6.45) is 1.73. The van der Waals surface area contributed by atoms with Crippen LogP contribution in [-0.4, -0.2) is 11.5 Å². The smallest absolute Gasteiger partial charge is 0.208 e. The highest BCUT2D eigenvalue weighted by atomic mass is 16.4. The van der Waals surface area contributed by atoms with Crippen molar-refractivity contribution in [1.82, 2.24) is 10.3 Å². The van der Waals surface area contributed by atoms with Gasteiger partial charge >= 0.3 is 0 Å². The Kier molecular flexibility index (Phi) is 3.73. The highest BCUT2D eigenvalue weighted by molar-refractivity contribution is 5.64. The Balaban J connectivity index is 1.81. The van der Waals surface area contributed by atoms with Crippen LogP contribution in [0.2, 0.25) is 0 Å². The Hall–Kier alpha value is -1.87. The Morgan fingerprint density at radius 1 is 1.35 bits per heavy atom. The summed E-state index contributed by atoms with van der Waals surface area (Å²) in [6.45, 7) is 7.29. The van der Waals surface area contributed by atoms with E-state index in [9.17, 15) is 0 Å². The van der Waals surface area contributed by atoms with Gasteiger partial charge in [0.2, 0.25) is 5.89 Å². The minimum Gasteiger partial charge on any atom is -0.445 e. The molecule has 0 unspecified atom stereocenters.